The van der Waals surface area contributed by atoms with Crippen molar-refractivity contribution in [3.8, 4) is 0 Å². The molecule has 0 aliphatic carbocycles. The fourth-order valence-corrected chi connectivity index (χ4v) is 4.85. The molecule has 1 N–H and O–H groups in total. The van der Waals surface area contributed by atoms with E-state index >= 15 is 0 Å². The standard InChI is InChI=1S/C11H14Br2ClNO2S/c1-7(2)10(6-12)15-18(16,17)11-4-3-8(13)5-9(11)14/h3-5,7,10,15H,6H2,1-2H3. The van der Waals surface area contributed by atoms with Gasteiger partial charge in [0.05, 0.1) is 5.02 Å². The zero-order valence-corrected chi connectivity index (χ0v) is 14.7. The SMILES string of the molecule is CC(C)C(CBr)NS(=O)(=O)c1ccc(Br)cc1Cl. The number of halogens is 3. The van der Waals surface area contributed by atoms with E-state index in [1.54, 1.807) is 12.1 Å². The second kappa shape index (κ2) is 6.70. The molecule has 1 aromatic rings. The average molecular weight is 420 g/mol. The molecule has 1 unspecified atom stereocenters. The molecule has 1 atom stereocenters. The Labute approximate surface area is 130 Å². The van der Waals surface area contributed by atoms with E-state index in [0.29, 0.717) is 5.33 Å². The van der Waals surface area contributed by atoms with Gasteiger partial charge in [-0.15, -0.1) is 0 Å². The molecule has 1 rings (SSSR count). The Morgan fingerprint density at radius 3 is 2.44 bits per heavy atom. The van der Waals surface area contributed by atoms with Gasteiger partial charge in [0.1, 0.15) is 4.90 Å². The first-order valence-corrected chi connectivity index (χ1v) is 9.09. The Balaban J connectivity index is 3.06. The van der Waals surface area contributed by atoms with E-state index < -0.39 is 10.0 Å². The van der Waals surface area contributed by atoms with Gasteiger partial charge in [-0.05, 0) is 24.1 Å². The van der Waals surface area contributed by atoms with Crippen molar-refractivity contribution in [3.05, 3.63) is 27.7 Å². The lowest BCUT2D eigenvalue weighted by Gasteiger charge is -2.20. The van der Waals surface area contributed by atoms with Crippen LogP contribution in [0.2, 0.25) is 5.02 Å². The Morgan fingerprint density at radius 1 is 1.39 bits per heavy atom. The maximum atomic E-state index is 12.2. The molecule has 0 heterocycles. The molecule has 0 aromatic heterocycles. The van der Waals surface area contributed by atoms with Gasteiger partial charge in [-0.2, -0.15) is 0 Å². The first kappa shape index (κ1) is 16.4. The first-order chi connectivity index (χ1) is 8.27. The van der Waals surface area contributed by atoms with Gasteiger partial charge in [0.2, 0.25) is 10.0 Å². The Hall–Kier alpha value is 0.380. The molecule has 7 heteroatoms. The number of alkyl halides is 1. The van der Waals surface area contributed by atoms with Crippen LogP contribution in [0.4, 0.5) is 0 Å². The third-order valence-corrected chi connectivity index (χ3v) is 5.62. The lowest BCUT2D eigenvalue weighted by molar-refractivity contribution is 0.484. The van der Waals surface area contributed by atoms with Crippen LogP contribution >= 0.6 is 43.5 Å². The Bertz CT molecular complexity index is 520. The molecule has 0 fully saturated rings. The number of rotatable bonds is 5. The van der Waals surface area contributed by atoms with E-state index in [1.165, 1.54) is 6.07 Å². The zero-order chi connectivity index (χ0) is 13.9. The lowest BCUT2D eigenvalue weighted by atomic mass is 10.1. The van der Waals surface area contributed by atoms with Crippen molar-refractivity contribution in [2.45, 2.75) is 24.8 Å². The molecule has 18 heavy (non-hydrogen) atoms. The second-order valence-electron chi connectivity index (χ2n) is 4.20. The molecule has 0 saturated heterocycles. The third-order valence-electron chi connectivity index (χ3n) is 2.46. The zero-order valence-electron chi connectivity index (χ0n) is 9.95. The van der Waals surface area contributed by atoms with Gasteiger partial charge in [0.25, 0.3) is 0 Å². The number of hydrogen-bond donors (Lipinski definition) is 1. The van der Waals surface area contributed by atoms with Gasteiger partial charge in [-0.25, -0.2) is 13.1 Å². The van der Waals surface area contributed by atoms with Crippen LogP contribution in [0.3, 0.4) is 0 Å². The molecule has 0 saturated carbocycles. The van der Waals surface area contributed by atoms with Gasteiger partial charge in [0.15, 0.2) is 0 Å². The number of hydrogen-bond acceptors (Lipinski definition) is 2. The minimum Gasteiger partial charge on any atom is -0.207 e. The molecule has 102 valence electrons. The Kier molecular flexibility index (Phi) is 6.12. The average Bonchev–Trinajstić information content (AvgIpc) is 2.24. The molecule has 0 aliphatic rings. The second-order valence-corrected chi connectivity index (χ2v) is 7.85. The maximum Gasteiger partial charge on any atom is 0.242 e. The van der Waals surface area contributed by atoms with Crippen LogP contribution in [-0.2, 0) is 10.0 Å². The van der Waals surface area contributed by atoms with Crippen LogP contribution in [0.25, 0.3) is 0 Å². The van der Waals surface area contributed by atoms with Gasteiger partial charge in [-0.1, -0.05) is 57.3 Å². The molecule has 0 spiro atoms. The van der Waals surface area contributed by atoms with Gasteiger partial charge in [0, 0.05) is 15.8 Å². The van der Waals surface area contributed by atoms with Crippen LogP contribution in [0.15, 0.2) is 27.6 Å². The van der Waals surface area contributed by atoms with Crippen LogP contribution in [0.5, 0.6) is 0 Å². The van der Waals surface area contributed by atoms with E-state index in [9.17, 15) is 8.42 Å². The summed E-state index contributed by atoms with van der Waals surface area (Å²) in [6, 6.07) is 4.53. The third kappa shape index (κ3) is 4.20. The van der Waals surface area contributed by atoms with Crippen molar-refractivity contribution >= 4 is 53.5 Å². The monoisotopic (exact) mass is 417 g/mol. The summed E-state index contributed by atoms with van der Waals surface area (Å²) in [5, 5.41) is 0.756. The normalized spacial score (nSPS) is 13.9. The Morgan fingerprint density at radius 2 is 2.00 bits per heavy atom. The van der Waals surface area contributed by atoms with Crippen LogP contribution in [-0.4, -0.2) is 19.8 Å². The highest BCUT2D eigenvalue weighted by Crippen LogP contribution is 2.25. The molecule has 0 bridgehead atoms. The predicted octanol–water partition coefficient (Wildman–Crippen LogP) is 3.80. The van der Waals surface area contributed by atoms with E-state index in [0.717, 1.165) is 4.47 Å². The van der Waals surface area contributed by atoms with Crippen molar-refractivity contribution in [3.63, 3.8) is 0 Å². The van der Waals surface area contributed by atoms with Crippen LogP contribution in [0.1, 0.15) is 13.8 Å². The van der Waals surface area contributed by atoms with Crippen molar-refractivity contribution < 1.29 is 8.42 Å². The van der Waals surface area contributed by atoms with Gasteiger partial charge in [-0.3, -0.25) is 0 Å². The summed E-state index contributed by atoms with van der Waals surface area (Å²) < 4.78 is 27.8. The summed E-state index contributed by atoms with van der Waals surface area (Å²) in [4.78, 5) is 0.0963. The van der Waals surface area contributed by atoms with Crippen molar-refractivity contribution in [1.82, 2.24) is 4.72 Å². The summed E-state index contributed by atoms with van der Waals surface area (Å²) in [6.07, 6.45) is 0. The minimum absolute atomic E-state index is 0.0963. The van der Waals surface area contributed by atoms with Crippen molar-refractivity contribution in [2.75, 3.05) is 5.33 Å². The first-order valence-electron chi connectivity index (χ1n) is 5.31. The number of nitrogens with one attached hydrogen (secondary N) is 1. The summed E-state index contributed by atoms with van der Waals surface area (Å²) in [7, 11) is -3.60. The van der Waals surface area contributed by atoms with E-state index in [2.05, 4.69) is 36.6 Å². The fourth-order valence-electron chi connectivity index (χ4n) is 1.30. The minimum atomic E-state index is -3.60. The van der Waals surface area contributed by atoms with E-state index in [-0.39, 0.29) is 21.9 Å². The smallest absolute Gasteiger partial charge is 0.207 e. The lowest BCUT2D eigenvalue weighted by Crippen LogP contribution is -2.39. The van der Waals surface area contributed by atoms with Gasteiger partial charge >= 0.3 is 0 Å². The van der Waals surface area contributed by atoms with Crippen LogP contribution in [0, 0.1) is 5.92 Å². The van der Waals surface area contributed by atoms with E-state index in [1.807, 2.05) is 13.8 Å². The summed E-state index contributed by atoms with van der Waals surface area (Å²) in [6.45, 7) is 3.91. The number of benzene rings is 1. The molecular formula is C11H14Br2ClNO2S. The molecule has 1 aromatic carbocycles. The molecule has 0 radical (unpaired) electrons. The molecule has 3 nitrogen and oxygen atoms in total. The van der Waals surface area contributed by atoms with Crippen molar-refractivity contribution in [2.24, 2.45) is 5.92 Å². The van der Waals surface area contributed by atoms with E-state index in [4.69, 9.17) is 11.6 Å². The highest BCUT2D eigenvalue weighted by molar-refractivity contribution is 9.10. The summed E-state index contributed by atoms with van der Waals surface area (Å²) in [5.74, 6) is 0.188. The topological polar surface area (TPSA) is 46.2 Å². The fraction of sp³-hybridized carbons (Fsp3) is 0.455. The summed E-state index contributed by atoms with van der Waals surface area (Å²) in [5.41, 5.74) is 0. The summed E-state index contributed by atoms with van der Waals surface area (Å²) >= 11 is 12.5. The van der Waals surface area contributed by atoms with Crippen molar-refractivity contribution in [1.29, 1.82) is 0 Å². The maximum absolute atomic E-state index is 12.2. The highest BCUT2D eigenvalue weighted by Gasteiger charge is 2.23. The van der Waals surface area contributed by atoms with Crippen LogP contribution < -0.4 is 4.72 Å². The quantitative estimate of drug-likeness (QED) is 0.738. The molecular weight excluding hydrogens is 405 g/mol. The predicted molar refractivity (Wildman–Crippen MR) is 81.9 cm³/mol. The molecule has 0 aliphatic heterocycles. The highest BCUT2D eigenvalue weighted by atomic mass is 79.9. The van der Waals surface area contributed by atoms with Gasteiger partial charge < -0.3 is 0 Å². The largest absolute Gasteiger partial charge is 0.242 e. The number of sulfonamides is 1. The molecule has 0 amide bonds.